The van der Waals surface area contributed by atoms with Gasteiger partial charge in [-0.3, -0.25) is 0 Å². The molecule has 0 saturated heterocycles. The van der Waals surface area contributed by atoms with E-state index in [1.807, 2.05) is 32.0 Å². The third-order valence-electron chi connectivity index (χ3n) is 2.79. The van der Waals surface area contributed by atoms with Gasteiger partial charge in [0.05, 0.1) is 6.61 Å². The Hall–Kier alpha value is -1.61. The van der Waals surface area contributed by atoms with Gasteiger partial charge in [-0.25, -0.2) is 4.79 Å². The highest BCUT2D eigenvalue weighted by atomic mass is 16.5. The molecular weight excluding hydrogens is 216 g/mol. The topological polar surface area (TPSA) is 46.5 Å². The summed E-state index contributed by atoms with van der Waals surface area (Å²) in [4.78, 5) is 11.4. The summed E-state index contributed by atoms with van der Waals surface area (Å²) >= 11 is 0. The van der Waals surface area contributed by atoms with Crippen LogP contribution in [0.1, 0.15) is 23.6 Å². The van der Waals surface area contributed by atoms with E-state index in [9.17, 15) is 9.90 Å². The van der Waals surface area contributed by atoms with Gasteiger partial charge in [0.2, 0.25) is 0 Å². The van der Waals surface area contributed by atoms with E-state index < -0.39 is 11.6 Å². The number of hydrogen-bond donors (Lipinski definition) is 1. The first-order chi connectivity index (χ1) is 7.91. The molecule has 1 unspecified atom stereocenters. The minimum absolute atomic E-state index is 0.204. The van der Waals surface area contributed by atoms with E-state index in [0.29, 0.717) is 5.56 Å². The van der Waals surface area contributed by atoms with Crippen LogP contribution in [-0.2, 0) is 15.1 Å². The molecule has 0 radical (unpaired) electrons. The molecule has 0 bridgehead atoms. The molecule has 0 aromatic heterocycles. The molecular formula is C14H18O3. The molecule has 1 rings (SSSR count). The lowest BCUT2D eigenvalue weighted by Crippen LogP contribution is -2.36. The maximum Gasteiger partial charge on any atom is 0.340 e. The van der Waals surface area contributed by atoms with Crippen LogP contribution in [0.3, 0.4) is 0 Å². The molecule has 0 aliphatic rings. The smallest absolute Gasteiger partial charge is 0.340 e. The molecule has 3 heteroatoms. The minimum Gasteiger partial charge on any atom is -0.479 e. The third kappa shape index (κ3) is 2.74. The highest BCUT2D eigenvalue weighted by Crippen LogP contribution is 2.29. The van der Waals surface area contributed by atoms with Crippen molar-refractivity contribution in [2.45, 2.75) is 26.4 Å². The zero-order chi connectivity index (χ0) is 13.1. The number of carbonyl (C=O) groups is 1. The number of carboxylic acids is 1. The van der Waals surface area contributed by atoms with Gasteiger partial charge < -0.3 is 9.84 Å². The van der Waals surface area contributed by atoms with Crippen LogP contribution in [0, 0.1) is 13.8 Å². The third-order valence-corrected chi connectivity index (χ3v) is 2.79. The first-order valence-corrected chi connectivity index (χ1v) is 5.48. The number of aliphatic carboxylic acids is 1. The van der Waals surface area contributed by atoms with E-state index in [0.717, 1.165) is 11.1 Å². The number of aryl methyl sites for hydroxylation is 2. The van der Waals surface area contributed by atoms with Crippen LogP contribution in [0.5, 0.6) is 0 Å². The normalized spacial score (nSPS) is 14.1. The predicted octanol–water partition coefficient (Wildman–Crippen LogP) is 2.81. The Labute approximate surface area is 102 Å². The van der Waals surface area contributed by atoms with E-state index >= 15 is 0 Å². The van der Waals surface area contributed by atoms with Crippen molar-refractivity contribution in [3.8, 4) is 0 Å². The van der Waals surface area contributed by atoms with Gasteiger partial charge in [-0.2, -0.15) is 0 Å². The Kier molecular flexibility index (Phi) is 4.07. The highest BCUT2D eigenvalue weighted by molar-refractivity contribution is 5.79. The van der Waals surface area contributed by atoms with Gasteiger partial charge in [-0.15, -0.1) is 6.58 Å². The van der Waals surface area contributed by atoms with Crippen LogP contribution >= 0.6 is 0 Å². The van der Waals surface area contributed by atoms with Crippen molar-refractivity contribution in [3.05, 3.63) is 47.5 Å². The van der Waals surface area contributed by atoms with Gasteiger partial charge in [0.15, 0.2) is 5.60 Å². The fourth-order valence-corrected chi connectivity index (χ4v) is 1.83. The fourth-order valence-electron chi connectivity index (χ4n) is 1.83. The van der Waals surface area contributed by atoms with Crippen LogP contribution in [-0.4, -0.2) is 17.7 Å². The molecule has 0 amide bonds. The summed E-state index contributed by atoms with van der Waals surface area (Å²) in [6.45, 7) is 9.17. The number of benzene rings is 1. The number of ether oxygens (including phenoxy) is 1. The Morgan fingerprint density at radius 2 is 2.18 bits per heavy atom. The predicted molar refractivity (Wildman–Crippen MR) is 67.1 cm³/mol. The molecule has 92 valence electrons. The number of rotatable bonds is 5. The number of carboxylic acid groups (broad SMARTS) is 1. The maximum atomic E-state index is 11.4. The second-order valence-electron chi connectivity index (χ2n) is 4.26. The summed E-state index contributed by atoms with van der Waals surface area (Å²) in [7, 11) is 0. The van der Waals surface area contributed by atoms with Crippen molar-refractivity contribution in [2.75, 3.05) is 6.61 Å². The van der Waals surface area contributed by atoms with Crippen molar-refractivity contribution < 1.29 is 14.6 Å². The zero-order valence-electron chi connectivity index (χ0n) is 10.5. The van der Waals surface area contributed by atoms with Crippen molar-refractivity contribution in [1.29, 1.82) is 0 Å². The van der Waals surface area contributed by atoms with Gasteiger partial charge in [-0.1, -0.05) is 29.8 Å². The van der Waals surface area contributed by atoms with Crippen LogP contribution in [0.2, 0.25) is 0 Å². The molecule has 17 heavy (non-hydrogen) atoms. The van der Waals surface area contributed by atoms with E-state index in [1.165, 1.54) is 0 Å². The van der Waals surface area contributed by atoms with Crippen molar-refractivity contribution in [1.82, 2.24) is 0 Å². The van der Waals surface area contributed by atoms with Crippen molar-refractivity contribution in [3.63, 3.8) is 0 Å². The Morgan fingerprint density at radius 3 is 2.65 bits per heavy atom. The lowest BCUT2D eigenvalue weighted by atomic mass is 9.90. The molecule has 3 nitrogen and oxygen atoms in total. The summed E-state index contributed by atoms with van der Waals surface area (Å²) in [5.74, 6) is -0.994. The summed E-state index contributed by atoms with van der Waals surface area (Å²) < 4.78 is 5.43. The average molecular weight is 234 g/mol. The van der Waals surface area contributed by atoms with E-state index in [1.54, 1.807) is 13.0 Å². The summed E-state index contributed by atoms with van der Waals surface area (Å²) in [5, 5.41) is 9.35. The van der Waals surface area contributed by atoms with Gasteiger partial charge in [0.1, 0.15) is 0 Å². The van der Waals surface area contributed by atoms with Crippen LogP contribution < -0.4 is 0 Å². The number of hydrogen-bond acceptors (Lipinski definition) is 2. The van der Waals surface area contributed by atoms with E-state index in [4.69, 9.17) is 4.74 Å². The van der Waals surface area contributed by atoms with E-state index in [2.05, 4.69) is 6.58 Å². The first kappa shape index (κ1) is 13.5. The lowest BCUT2D eigenvalue weighted by Gasteiger charge is -2.27. The molecule has 1 atom stereocenters. The average Bonchev–Trinajstić information content (AvgIpc) is 2.25. The summed E-state index contributed by atoms with van der Waals surface area (Å²) in [6.07, 6.45) is 1.55. The molecule has 1 aromatic carbocycles. The van der Waals surface area contributed by atoms with Crippen LogP contribution in [0.15, 0.2) is 30.9 Å². The Morgan fingerprint density at radius 1 is 1.53 bits per heavy atom. The van der Waals surface area contributed by atoms with Gasteiger partial charge in [-0.05, 0) is 31.9 Å². The van der Waals surface area contributed by atoms with Crippen molar-refractivity contribution in [2.24, 2.45) is 0 Å². The molecule has 1 N–H and O–H groups in total. The van der Waals surface area contributed by atoms with Gasteiger partial charge in [0, 0.05) is 0 Å². The largest absolute Gasteiger partial charge is 0.479 e. The first-order valence-electron chi connectivity index (χ1n) is 5.48. The summed E-state index contributed by atoms with van der Waals surface area (Å²) in [5.41, 5.74) is 1.37. The zero-order valence-corrected chi connectivity index (χ0v) is 10.5. The summed E-state index contributed by atoms with van der Waals surface area (Å²) in [6, 6.07) is 5.65. The molecule has 0 saturated carbocycles. The maximum absolute atomic E-state index is 11.4. The molecule has 0 fully saturated rings. The molecule has 1 aromatic rings. The Bertz CT molecular complexity index is 437. The van der Waals surface area contributed by atoms with Gasteiger partial charge in [0.25, 0.3) is 0 Å². The molecule has 0 aliphatic heterocycles. The standard InChI is InChI=1S/C14H18O3/c1-5-8-17-14(4,13(15)16)12-7-6-10(2)9-11(12)3/h5-7,9H,1,8H2,2-4H3,(H,15,16). The quantitative estimate of drug-likeness (QED) is 0.797. The fraction of sp³-hybridized carbons (Fsp3) is 0.357. The minimum atomic E-state index is -1.33. The second kappa shape index (κ2) is 5.15. The van der Waals surface area contributed by atoms with Crippen molar-refractivity contribution >= 4 is 5.97 Å². The SMILES string of the molecule is C=CCOC(C)(C(=O)O)c1ccc(C)cc1C. The second-order valence-corrected chi connectivity index (χ2v) is 4.26. The lowest BCUT2D eigenvalue weighted by molar-refractivity contribution is -0.163. The Balaban J connectivity index is 3.22. The van der Waals surface area contributed by atoms with Crippen LogP contribution in [0.25, 0.3) is 0 Å². The molecule has 0 aliphatic carbocycles. The molecule has 0 heterocycles. The van der Waals surface area contributed by atoms with Gasteiger partial charge >= 0.3 is 5.97 Å². The van der Waals surface area contributed by atoms with Crippen LogP contribution in [0.4, 0.5) is 0 Å². The molecule has 0 spiro atoms. The highest BCUT2D eigenvalue weighted by Gasteiger charge is 2.37. The van der Waals surface area contributed by atoms with E-state index in [-0.39, 0.29) is 6.61 Å². The monoisotopic (exact) mass is 234 g/mol.